The fourth-order valence-corrected chi connectivity index (χ4v) is 4.33. The van der Waals surface area contributed by atoms with Gasteiger partial charge in [-0.05, 0) is 61.3 Å². The number of aliphatic hydroxyl groups is 1. The summed E-state index contributed by atoms with van der Waals surface area (Å²) in [6.07, 6.45) is 8.62. The summed E-state index contributed by atoms with van der Waals surface area (Å²) in [6.45, 7) is 0. The maximum absolute atomic E-state index is 11.8. The number of fused-ring (bicyclic) bond motifs is 1. The lowest BCUT2D eigenvalue weighted by atomic mass is 9.61. The SMILES string of the molecule is OC(c1ccccn1)(C1CCC1)C1CCCc2ccccc21. The molecule has 1 heterocycles. The van der Waals surface area contributed by atoms with Gasteiger partial charge in [-0.15, -0.1) is 0 Å². The van der Waals surface area contributed by atoms with E-state index in [1.807, 2.05) is 24.4 Å². The van der Waals surface area contributed by atoms with Crippen molar-refractivity contribution in [2.24, 2.45) is 5.92 Å². The van der Waals surface area contributed by atoms with E-state index >= 15 is 0 Å². The highest BCUT2D eigenvalue weighted by atomic mass is 16.3. The summed E-state index contributed by atoms with van der Waals surface area (Å²) in [4.78, 5) is 4.55. The van der Waals surface area contributed by atoms with Crippen LogP contribution in [-0.2, 0) is 12.0 Å². The Morgan fingerprint density at radius 1 is 0.955 bits per heavy atom. The zero-order valence-electron chi connectivity index (χ0n) is 12.9. The summed E-state index contributed by atoms with van der Waals surface area (Å²) in [5.74, 6) is 0.524. The molecule has 2 unspecified atom stereocenters. The minimum absolute atomic E-state index is 0.178. The van der Waals surface area contributed by atoms with Crippen molar-refractivity contribution >= 4 is 0 Å². The lowest BCUT2D eigenvalue weighted by Crippen LogP contribution is -2.45. The summed E-state index contributed by atoms with van der Waals surface area (Å²) in [6, 6.07) is 14.6. The van der Waals surface area contributed by atoms with Gasteiger partial charge in [0.1, 0.15) is 5.60 Å². The van der Waals surface area contributed by atoms with Crippen LogP contribution in [0.5, 0.6) is 0 Å². The van der Waals surface area contributed by atoms with Crippen molar-refractivity contribution in [2.45, 2.75) is 50.0 Å². The fourth-order valence-electron chi connectivity index (χ4n) is 4.33. The minimum Gasteiger partial charge on any atom is -0.383 e. The smallest absolute Gasteiger partial charge is 0.116 e. The first-order valence-electron chi connectivity index (χ1n) is 8.52. The van der Waals surface area contributed by atoms with Crippen LogP contribution in [-0.4, -0.2) is 10.1 Å². The fraction of sp³-hybridized carbons (Fsp3) is 0.450. The molecule has 0 spiro atoms. The standard InChI is InChI=1S/C20H23NO/c22-20(16-9-6-10-16,19-13-3-4-14-21-19)18-12-5-8-15-7-1-2-11-17(15)18/h1-4,7,11,13-14,16,18,22H,5-6,8-10,12H2. The number of nitrogens with zero attached hydrogens (tertiary/aromatic N) is 1. The molecule has 2 aromatic rings. The third kappa shape index (κ3) is 2.09. The van der Waals surface area contributed by atoms with E-state index < -0.39 is 5.60 Å². The maximum Gasteiger partial charge on any atom is 0.116 e. The van der Waals surface area contributed by atoms with E-state index in [-0.39, 0.29) is 5.92 Å². The lowest BCUT2D eigenvalue weighted by molar-refractivity contribution is -0.0860. The predicted molar refractivity (Wildman–Crippen MR) is 87.6 cm³/mol. The van der Waals surface area contributed by atoms with Crippen LogP contribution < -0.4 is 0 Å². The van der Waals surface area contributed by atoms with E-state index in [0.717, 1.165) is 37.8 Å². The lowest BCUT2D eigenvalue weighted by Gasteiger charge is -2.47. The van der Waals surface area contributed by atoms with Crippen molar-refractivity contribution in [1.82, 2.24) is 4.98 Å². The van der Waals surface area contributed by atoms with Crippen LogP contribution in [0.15, 0.2) is 48.7 Å². The van der Waals surface area contributed by atoms with Crippen LogP contribution >= 0.6 is 0 Å². The quantitative estimate of drug-likeness (QED) is 0.920. The third-order valence-electron chi connectivity index (χ3n) is 5.70. The molecule has 1 N–H and O–H groups in total. The van der Waals surface area contributed by atoms with Crippen molar-refractivity contribution < 1.29 is 5.11 Å². The Bertz CT molecular complexity index is 650. The topological polar surface area (TPSA) is 33.1 Å². The molecule has 2 nitrogen and oxygen atoms in total. The predicted octanol–water partition coefficient (Wildman–Crippen LogP) is 4.19. The maximum atomic E-state index is 11.8. The van der Waals surface area contributed by atoms with E-state index in [0.29, 0.717) is 5.92 Å². The van der Waals surface area contributed by atoms with Crippen molar-refractivity contribution in [3.63, 3.8) is 0 Å². The number of hydrogen-bond donors (Lipinski definition) is 1. The first kappa shape index (κ1) is 14.0. The van der Waals surface area contributed by atoms with Crippen LogP contribution in [0.2, 0.25) is 0 Å². The van der Waals surface area contributed by atoms with E-state index in [4.69, 9.17) is 0 Å². The summed E-state index contributed by atoms with van der Waals surface area (Å²) >= 11 is 0. The Kier molecular flexibility index (Phi) is 3.50. The van der Waals surface area contributed by atoms with Gasteiger partial charge < -0.3 is 5.11 Å². The van der Waals surface area contributed by atoms with Crippen LogP contribution in [0.1, 0.15) is 54.8 Å². The number of benzene rings is 1. The first-order valence-corrected chi connectivity index (χ1v) is 8.52. The Morgan fingerprint density at radius 3 is 2.50 bits per heavy atom. The molecular weight excluding hydrogens is 270 g/mol. The molecule has 2 heteroatoms. The minimum atomic E-state index is -0.809. The molecule has 1 fully saturated rings. The zero-order valence-corrected chi connectivity index (χ0v) is 12.9. The van der Waals surface area contributed by atoms with Gasteiger partial charge in [-0.3, -0.25) is 4.98 Å². The summed E-state index contributed by atoms with van der Waals surface area (Å²) in [5, 5.41) is 11.8. The first-order chi connectivity index (χ1) is 10.8. The Balaban J connectivity index is 1.83. The van der Waals surface area contributed by atoms with Crippen molar-refractivity contribution in [2.75, 3.05) is 0 Å². The summed E-state index contributed by atoms with van der Waals surface area (Å²) < 4.78 is 0. The van der Waals surface area contributed by atoms with Gasteiger partial charge in [0.2, 0.25) is 0 Å². The van der Waals surface area contributed by atoms with E-state index in [2.05, 4.69) is 29.2 Å². The molecule has 0 saturated heterocycles. The van der Waals surface area contributed by atoms with Crippen LogP contribution in [0, 0.1) is 5.92 Å². The van der Waals surface area contributed by atoms with Gasteiger partial charge in [0.25, 0.3) is 0 Å². The highest BCUT2D eigenvalue weighted by Crippen LogP contribution is 2.53. The molecule has 2 aliphatic rings. The molecule has 0 bridgehead atoms. The molecule has 1 aromatic heterocycles. The van der Waals surface area contributed by atoms with Gasteiger partial charge in [0.05, 0.1) is 5.69 Å². The Hall–Kier alpha value is -1.67. The monoisotopic (exact) mass is 293 g/mol. The second-order valence-electron chi connectivity index (χ2n) is 6.81. The highest BCUT2D eigenvalue weighted by molar-refractivity contribution is 5.37. The molecule has 2 aliphatic carbocycles. The van der Waals surface area contributed by atoms with Gasteiger partial charge in [-0.2, -0.15) is 0 Å². The number of aryl methyl sites for hydroxylation is 1. The van der Waals surface area contributed by atoms with Crippen LogP contribution in [0.25, 0.3) is 0 Å². The van der Waals surface area contributed by atoms with Gasteiger partial charge in [0.15, 0.2) is 0 Å². The van der Waals surface area contributed by atoms with Crippen molar-refractivity contribution in [3.8, 4) is 0 Å². The van der Waals surface area contributed by atoms with Gasteiger partial charge in [0, 0.05) is 12.1 Å². The average Bonchev–Trinajstić information content (AvgIpc) is 2.53. The molecule has 114 valence electrons. The van der Waals surface area contributed by atoms with E-state index in [9.17, 15) is 5.11 Å². The van der Waals surface area contributed by atoms with Gasteiger partial charge in [-0.1, -0.05) is 36.8 Å². The Morgan fingerprint density at radius 2 is 1.77 bits per heavy atom. The average molecular weight is 293 g/mol. The molecule has 1 saturated carbocycles. The van der Waals surface area contributed by atoms with Gasteiger partial charge in [-0.25, -0.2) is 0 Å². The number of rotatable bonds is 3. The van der Waals surface area contributed by atoms with Crippen LogP contribution in [0.3, 0.4) is 0 Å². The molecule has 1 aromatic carbocycles. The zero-order chi connectivity index (χ0) is 15.0. The molecular formula is C20H23NO. The van der Waals surface area contributed by atoms with Gasteiger partial charge >= 0.3 is 0 Å². The number of pyridine rings is 1. The molecule has 0 aliphatic heterocycles. The molecule has 4 rings (SSSR count). The second kappa shape index (κ2) is 5.51. The molecule has 0 amide bonds. The summed E-state index contributed by atoms with van der Waals surface area (Å²) in [5.41, 5.74) is 2.80. The Labute approximate surface area is 132 Å². The van der Waals surface area contributed by atoms with Crippen LogP contribution in [0.4, 0.5) is 0 Å². The third-order valence-corrected chi connectivity index (χ3v) is 5.70. The molecule has 2 atom stereocenters. The molecule has 22 heavy (non-hydrogen) atoms. The van der Waals surface area contributed by atoms with E-state index in [1.165, 1.54) is 17.5 Å². The van der Waals surface area contributed by atoms with E-state index in [1.54, 1.807) is 0 Å². The number of aromatic nitrogens is 1. The molecule has 0 radical (unpaired) electrons. The number of hydrogen-bond acceptors (Lipinski definition) is 2. The largest absolute Gasteiger partial charge is 0.383 e. The normalized spacial score (nSPS) is 24.1. The summed E-state index contributed by atoms with van der Waals surface area (Å²) in [7, 11) is 0. The highest BCUT2D eigenvalue weighted by Gasteiger charge is 2.49. The van der Waals surface area contributed by atoms with Crippen molar-refractivity contribution in [1.29, 1.82) is 0 Å². The second-order valence-corrected chi connectivity index (χ2v) is 6.81. The van der Waals surface area contributed by atoms with Crippen molar-refractivity contribution in [3.05, 3.63) is 65.5 Å².